The van der Waals surface area contributed by atoms with Crippen molar-refractivity contribution >= 4 is 33.4 Å². The molecule has 0 spiro atoms. The summed E-state index contributed by atoms with van der Waals surface area (Å²) in [7, 11) is -2.12. The molecule has 156 valence electrons. The molecule has 2 aromatic carbocycles. The fourth-order valence-corrected chi connectivity index (χ4v) is 4.49. The minimum Gasteiger partial charge on any atom is -0.496 e. The first-order chi connectivity index (χ1) is 13.9. The van der Waals surface area contributed by atoms with Crippen molar-refractivity contribution in [3.05, 3.63) is 48.0 Å². The molecule has 1 aliphatic rings. The van der Waals surface area contributed by atoms with Crippen LogP contribution in [0.25, 0.3) is 0 Å². The zero-order valence-electron chi connectivity index (χ0n) is 16.3. The van der Waals surface area contributed by atoms with Gasteiger partial charge >= 0.3 is 0 Å². The van der Waals surface area contributed by atoms with Gasteiger partial charge in [-0.25, -0.2) is 13.1 Å². The first-order valence-electron chi connectivity index (χ1n) is 9.17. The third-order valence-corrected chi connectivity index (χ3v) is 6.77. The van der Waals surface area contributed by atoms with Gasteiger partial charge in [-0.05, 0) is 61.6 Å². The SMILES string of the molecule is COc1cc(SC)ccc1C(=O)Nc1ccc(S(=O)(=O)NC[C@@H]2CCCO2)cc1. The highest BCUT2D eigenvalue weighted by atomic mass is 32.2. The fourth-order valence-electron chi connectivity index (χ4n) is 2.99. The van der Waals surface area contributed by atoms with Crippen molar-refractivity contribution in [1.29, 1.82) is 0 Å². The Labute approximate surface area is 175 Å². The molecule has 0 unspecified atom stereocenters. The lowest BCUT2D eigenvalue weighted by Gasteiger charge is -2.12. The largest absolute Gasteiger partial charge is 0.496 e. The number of benzene rings is 2. The molecule has 1 atom stereocenters. The van der Waals surface area contributed by atoms with Crippen LogP contribution in [0.1, 0.15) is 23.2 Å². The standard InChI is InChI=1S/C20H24N2O5S2/c1-26-19-12-16(28-2)7-10-18(19)20(23)22-14-5-8-17(9-6-14)29(24,25)21-13-15-4-3-11-27-15/h5-10,12,15,21H,3-4,11,13H2,1-2H3,(H,22,23)/t15-/m0/s1. The Morgan fingerprint density at radius 3 is 2.62 bits per heavy atom. The molecule has 29 heavy (non-hydrogen) atoms. The van der Waals surface area contributed by atoms with Gasteiger partial charge in [-0.15, -0.1) is 11.8 Å². The number of sulfonamides is 1. The summed E-state index contributed by atoms with van der Waals surface area (Å²) in [6, 6.07) is 11.4. The van der Waals surface area contributed by atoms with E-state index < -0.39 is 10.0 Å². The number of anilines is 1. The summed E-state index contributed by atoms with van der Waals surface area (Å²) in [6.07, 6.45) is 3.68. The molecule has 1 saturated heterocycles. The number of methoxy groups -OCH3 is 1. The minimum atomic E-state index is -3.63. The van der Waals surface area contributed by atoms with Gasteiger partial charge in [0.05, 0.1) is 23.7 Å². The van der Waals surface area contributed by atoms with Gasteiger partial charge < -0.3 is 14.8 Å². The number of carbonyl (C=O) groups excluding carboxylic acids is 1. The van der Waals surface area contributed by atoms with E-state index in [1.807, 2.05) is 12.3 Å². The molecule has 2 N–H and O–H groups in total. The third-order valence-electron chi connectivity index (χ3n) is 4.60. The van der Waals surface area contributed by atoms with E-state index in [0.29, 0.717) is 23.6 Å². The van der Waals surface area contributed by atoms with Crippen LogP contribution in [0.5, 0.6) is 5.75 Å². The number of rotatable bonds is 8. The molecule has 0 radical (unpaired) electrons. The molecule has 7 nitrogen and oxygen atoms in total. The Balaban J connectivity index is 1.66. The van der Waals surface area contributed by atoms with Gasteiger partial charge in [0.25, 0.3) is 5.91 Å². The quantitative estimate of drug-likeness (QED) is 0.618. The van der Waals surface area contributed by atoms with Crippen LogP contribution in [-0.4, -0.2) is 46.9 Å². The minimum absolute atomic E-state index is 0.0733. The van der Waals surface area contributed by atoms with Crippen LogP contribution in [0.3, 0.4) is 0 Å². The van der Waals surface area contributed by atoms with Gasteiger partial charge in [-0.3, -0.25) is 4.79 Å². The molecular weight excluding hydrogens is 412 g/mol. The maximum absolute atomic E-state index is 12.6. The van der Waals surface area contributed by atoms with E-state index in [4.69, 9.17) is 9.47 Å². The van der Waals surface area contributed by atoms with Crippen molar-refractivity contribution in [1.82, 2.24) is 4.72 Å². The number of amides is 1. The first-order valence-corrected chi connectivity index (χ1v) is 11.9. The summed E-state index contributed by atoms with van der Waals surface area (Å²) in [4.78, 5) is 13.7. The molecule has 0 saturated carbocycles. The zero-order valence-corrected chi connectivity index (χ0v) is 17.9. The van der Waals surface area contributed by atoms with Crippen LogP contribution in [0.15, 0.2) is 52.3 Å². The lowest BCUT2D eigenvalue weighted by Crippen LogP contribution is -2.31. The topological polar surface area (TPSA) is 93.7 Å². The van der Waals surface area contributed by atoms with E-state index in [1.165, 1.54) is 19.2 Å². The number of hydrogen-bond acceptors (Lipinski definition) is 6. The summed E-state index contributed by atoms with van der Waals surface area (Å²) in [5.74, 6) is 0.147. The van der Waals surface area contributed by atoms with Crippen LogP contribution < -0.4 is 14.8 Å². The molecule has 0 bridgehead atoms. The number of hydrogen-bond donors (Lipinski definition) is 2. The predicted molar refractivity (Wildman–Crippen MR) is 113 cm³/mol. The molecule has 9 heteroatoms. The highest BCUT2D eigenvalue weighted by molar-refractivity contribution is 7.98. The summed E-state index contributed by atoms with van der Waals surface area (Å²) in [6.45, 7) is 0.929. The van der Waals surface area contributed by atoms with Crippen LogP contribution in [0.2, 0.25) is 0 Å². The lowest BCUT2D eigenvalue weighted by atomic mass is 10.2. The molecule has 1 heterocycles. The van der Waals surface area contributed by atoms with E-state index in [1.54, 1.807) is 36.0 Å². The third kappa shape index (κ3) is 5.51. The smallest absolute Gasteiger partial charge is 0.259 e. The van der Waals surface area contributed by atoms with E-state index in [9.17, 15) is 13.2 Å². The Morgan fingerprint density at radius 2 is 2.00 bits per heavy atom. The highest BCUT2D eigenvalue weighted by Gasteiger charge is 2.20. The maximum Gasteiger partial charge on any atom is 0.259 e. The Bertz CT molecular complexity index is 955. The monoisotopic (exact) mass is 436 g/mol. The molecular formula is C20H24N2O5S2. The van der Waals surface area contributed by atoms with Crippen molar-refractivity contribution in [2.75, 3.05) is 31.8 Å². The van der Waals surface area contributed by atoms with Gasteiger partial charge in [0.15, 0.2) is 0 Å². The number of thioether (sulfide) groups is 1. The van der Waals surface area contributed by atoms with Crippen LogP contribution in [-0.2, 0) is 14.8 Å². The van der Waals surface area contributed by atoms with Crippen molar-refractivity contribution in [3.63, 3.8) is 0 Å². The average molecular weight is 437 g/mol. The van der Waals surface area contributed by atoms with Gasteiger partial charge in [0, 0.05) is 23.7 Å². The van der Waals surface area contributed by atoms with Gasteiger partial charge in [0.2, 0.25) is 10.0 Å². The van der Waals surface area contributed by atoms with Crippen molar-refractivity contribution in [3.8, 4) is 5.75 Å². The fraction of sp³-hybridized carbons (Fsp3) is 0.350. The molecule has 2 aromatic rings. The molecule has 3 rings (SSSR count). The van der Waals surface area contributed by atoms with Crippen molar-refractivity contribution in [2.24, 2.45) is 0 Å². The Morgan fingerprint density at radius 1 is 1.24 bits per heavy atom. The van der Waals surface area contributed by atoms with Gasteiger partial charge in [0.1, 0.15) is 5.75 Å². The van der Waals surface area contributed by atoms with Crippen molar-refractivity contribution in [2.45, 2.75) is 28.7 Å². The molecule has 1 aliphatic heterocycles. The van der Waals surface area contributed by atoms with Crippen LogP contribution in [0.4, 0.5) is 5.69 Å². The number of ether oxygens (including phenoxy) is 2. The molecule has 1 fully saturated rings. The molecule has 0 aliphatic carbocycles. The lowest BCUT2D eigenvalue weighted by molar-refractivity contribution is 0.102. The van der Waals surface area contributed by atoms with E-state index in [2.05, 4.69) is 10.0 Å². The highest BCUT2D eigenvalue weighted by Crippen LogP contribution is 2.26. The second-order valence-corrected chi connectivity index (χ2v) is 9.18. The normalized spacial score (nSPS) is 16.6. The van der Waals surface area contributed by atoms with Crippen molar-refractivity contribution < 1.29 is 22.7 Å². The summed E-state index contributed by atoms with van der Waals surface area (Å²) >= 11 is 1.56. The summed E-state index contributed by atoms with van der Waals surface area (Å²) in [5.41, 5.74) is 0.893. The molecule has 0 aromatic heterocycles. The van der Waals surface area contributed by atoms with E-state index in [0.717, 1.165) is 17.7 Å². The van der Waals surface area contributed by atoms with Gasteiger partial charge in [-0.2, -0.15) is 0 Å². The number of nitrogens with one attached hydrogen (secondary N) is 2. The molecule has 1 amide bonds. The second kappa shape index (κ2) is 9.62. The Kier molecular flexibility index (Phi) is 7.18. The predicted octanol–water partition coefficient (Wildman–Crippen LogP) is 3.13. The average Bonchev–Trinajstić information content (AvgIpc) is 3.26. The second-order valence-electron chi connectivity index (χ2n) is 6.53. The summed E-state index contributed by atoms with van der Waals surface area (Å²) in [5, 5.41) is 2.76. The van der Waals surface area contributed by atoms with Crippen LogP contribution >= 0.6 is 11.8 Å². The first kappa shape index (κ1) is 21.6. The number of carbonyl (C=O) groups is 1. The Hall–Kier alpha value is -2.07. The van der Waals surface area contributed by atoms with E-state index >= 15 is 0 Å². The maximum atomic E-state index is 12.6. The van der Waals surface area contributed by atoms with Crippen LogP contribution in [0, 0.1) is 0 Å². The summed E-state index contributed by atoms with van der Waals surface area (Å²) < 4.78 is 38.1. The zero-order chi connectivity index (χ0) is 20.9. The van der Waals surface area contributed by atoms with E-state index in [-0.39, 0.29) is 23.5 Å². The van der Waals surface area contributed by atoms with Gasteiger partial charge in [-0.1, -0.05) is 0 Å².